The highest BCUT2D eigenvalue weighted by Crippen LogP contribution is 2.28. The summed E-state index contributed by atoms with van der Waals surface area (Å²) in [5.41, 5.74) is 0.844. The van der Waals surface area contributed by atoms with E-state index >= 15 is 0 Å². The number of rotatable bonds is 5. The molecule has 1 aliphatic rings. The average Bonchev–Trinajstić information content (AvgIpc) is 2.80. The van der Waals surface area contributed by atoms with Crippen LogP contribution in [-0.2, 0) is 9.53 Å². The fourth-order valence-electron chi connectivity index (χ4n) is 2.99. The summed E-state index contributed by atoms with van der Waals surface area (Å²) in [4.78, 5) is 12.2. The fraction of sp³-hybridized carbons (Fsp3) is 0.588. The third kappa shape index (κ3) is 4.21. The van der Waals surface area contributed by atoms with Crippen LogP contribution in [-0.4, -0.2) is 26.2 Å². The molecule has 1 unspecified atom stereocenters. The molecule has 0 amide bonds. The van der Waals surface area contributed by atoms with E-state index in [9.17, 15) is 4.79 Å². The van der Waals surface area contributed by atoms with Crippen molar-refractivity contribution in [3.63, 3.8) is 0 Å². The van der Waals surface area contributed by atoms with Crippen molar-refractivity contribution in [1.82, 2.24) is 5.32 Å². The number of nitrogens with one attached hydrogen (secondary N) is 1. The van der Waals surface area contributed by atoms with E-state index < -0.39 is 6.04 Å². The van der Waals surface area contributed by atoms with Crippen LogP contribution in [0, 0.1) is 0 Å². The number of benzene rings is 1. The molecule has 0 aromatic heterocycles. The van der Waals surface area contributed by atoms with Gasteiger partial charge in [0.15, 0.2) is 0 Å². The highest BCUT2D eigenvalue weighted by molar-refractivity contribution is 5.78. The van der Waals surface area contributed by atoms with Crippen LogP contribution < -0.4 is 10.1 Å². The number of hydrogen-bond acceptors (Lipinski definition) is 4. The minimum absolute atomic E-state index is 0.260. The zero-order chi connectivity index (χ0) is 15.1. The SMILES string of the molecule is COC(=O)C(NC1CCCCCC1)c1ccccc1OC. The Morgan fingerprint density at radius 1 is 1.14 bits per heavy atom. The van der Waals surface area contributed by atoms with Crippen molar-refractivity contribution in [3.05, 3.63) is 29.8 Å². The van der Waals surface area contributed by atoms with Gasteiger partial charge in [0.25, 0.3) is 0 Å². The van der Waals surface area contributed by atoms with Gasteiger partial charge in [-0.2, -0.15) is 0 Å². The first-order valence-electron chi connectivity index (χ1n) is 7.73. The van der Waals surface area contributed by atoms with E-state index in [1.54, 1.807) is 7.11 Å². The van der Waals surface area contributed by atoms with Gasteiger partial charge in [-0.05, 0) is 18.9 Å². The number of esters is 1. The van der Waals surface area contributed by atoms with Crippen LogP contribution in [0.1, 0.15) is 50.1 Å². The number of hydrogen-bond donors (Lipinski definition) is 1. The molecular weight excluding hydrogens is 266 g/mol. The van der Waals surface area contributed by atoms with Crippen LogP contribution in [0.3, 0.4) is 0 Å². The molecule has 1 saturated carbocycles. The van der Waals surface area contributed by atoms with Crippen molar-refractivity contribution in [2.75, 3.05) is 14.2 Å². The van der Waals surface area contributed by atoms with Crippen LogP contribution in [0.25, 0.3) is 0 Å². The van der Waals surface area contributed by atoms with E-state index in [0.29, 0.717) is 11.8 Å². The summed E-state index contributed by atoms with van der Waals surface area (Å²) in [7, 11) is 3.05. The smallest absolute Gasteiger partial charge is 0.327 e. The molecule has 0 radical (unpaired) electrons. The molecule has 0 saturated heterocycles. The Morgan fingerprint density at radius 3 is 2.43 bits per heavy atom. The summed E-state index contributed by atoms with van der Waals surface area (Å²) in [5, 5.41) is 3.48. The second-order valence-corrected chi connectivity index (χ2v) is 5.55. The van der Waals surface area contributed by atoms with E-state index in [2.05, 4.69) is 5.32 Å². The molecule has 1 aromatic rings. The Kier molecular flexibility index (Phi) is 6.05. The molecule has 21 heavy (non-hydrogen) atoms. The summed E-state index contributed by atoms with van der Waals surface area (Å²) in [6, 6.07) is 7.52. The van der Waals surface area contributed by atoms with Gasteiger partial charge in [-0.25, -0.2) is 4.79 Å². The normalized spacial score (nSPS) is 17.8. The van der Waals surface area contributed by atoms with Gasteiger partial charge in [0.1, 0.15) is 11.8 Å². The summed E-state index contributed by atoms with van der Waals surface area (Å²) in [6.07, 6.45) is 7.24. The number of ether oxygens (including phenoxy) is 2. The maximum absolute atomic E-state index is 12.2. The Hall–Kier alpha value is -1.55. The number of para-hydroxylation sites is 1. The van der Waals surface area contributed by atoms with E-state index in [1.807, 2.05) is 24.3 Å². The van der Waals surface area contributed by atoms with Crippen LogP contribution >= 0.6 is 0 Å². The quantitative estimate of drug-likeness (QED) is 0.668. The maximum Gasteiger partial charge on any atom is 0.327 e. The van der Waals surface area contributed by atoms with Crippen molar-refractivity contribution in [2.24, 2.45) is 0 Å². The molecule has 4 heteroatoms. The highest BCUT2D eigenvalue weighted by Gasteiger charge is 2.27. The first kappa shape index (κ1) is 15.8. The van der Waals surface area contributed by atoms with Gasteiger partial charge in [0.2, 0.25) is 0 Å². The van der Waals surface area contributed by atoms with E-state index in [4.69, 9.17) is 9.47 Å². The maximum atomic E-state index is 12.2. The molecule has 1 aromatic carbocycles. The van der Waals surface area contributed by atoms with Crippen molar-refractivity contribution in [1.29, 1.82) is 0 Å². The third-order valence-electron chi connectivity index (χ3n) is 4.14. The summed E-state index contributed by atoms with van der Waals surface area (Å²) >= 11 is 0. The van der Waals surface area contributed by atoms with Gasteiger partial charge in [-0.1, -0.05) is 43.9 Å². The van der Waals surface area contributed by atoms with E-state index in [0.717, 1.165) is 18.4 Å². The lowest BCUT2D eigenvalue weighted by atomic mass is 10.0. The lowest BCUT2D eigenvalue weighted by molar-refractivity contribution is -0.143. The molecular formula is C17H25NO3. The second kappa shape index (κ2) is 8.03. The van der Waals surface area contributed by atoms with Crippen LogP contribution in [0.15, 0.2) is 24.3 Å². The molecule has 1 fully saturated rings. The van der Waals surface area contributed by atoms with Gasteiger partial charge in [-0.3, -0.25) is 5.32 Å². The lowest BCUT2D eigenvalue weighted by Gasteiger charge is -2.24. The molecule has 0 spiro atoms. The molecule has 1 aliphatic carbocycles. The van der Waals surface area contributed by atoms with Crippen LogP contribution in [0.4, 0.5) is 0 Å². The molecule has 116 valence electrons. The minimum atomic E-state index is -0.464. The average molecular weight is 291 g/mol. The Morgan fingerprint density at radius 2 is 1.81 bits per heavy atom. The minimum Gasteiger partial charge on any atom is -0.496 e. The van der Waals surface area contributed by atoms with Crippen molar-refractivity contribution in [2.45, 2.75) is 50.6 Å². The standard InChI is InChI=1S/C17H25NO3/c1-20-15-12-8-7-11-14(15)16(17(19)21-2)18-13-9-5-3-4-6-10-13/h7-8,11-13,16,18H,3-6,9-10H2,1-2H3. The second-order valence-electron chi connectivity index (χ2n) is 5.55. The Balaban J connectivity index is 2.19. The Bertz CT molecular complexity index is 453. The Labute approximate surface area is 126 Å². The van der Waals surface area contributed by atoms with Gasteiger partial charge in [0, 0.05) is 11.6 Å². The lowest BCUT2D eigenvalue weighted by Crippen LogP contribution is -2.37. The predicted octanol–water partition coefficient (Wildman–Crippen LogP) is 3.22. The zero-order valence-corrected chi connectivity index (χ0v) is 12.9. The topological polar surface area (TPSA) is 47.6 Å². The molecule has 1 atom stereocenters. The van der Waals surface area contributed by atoms with Crippen LogP contribution in [0.5, 0.6) is 5.75 Å². The molecule has 4 nitrogen and oxygen atoms in total. The van der Waals surface area contributed by atoms with Crippen molar-refractivity contribution in [3.8, 4) is 5.75 Å². The molecule has 0 aliphatic heterocycles. The zero-order valence-electron chi connectivity index (χ0n) is 12.9. The fourth-order valence-corrected chi connectivity index (χ4v) is 2.99. The number of methoxy groups -OCH3 is 2. The van der Waals surface area contributed by atoms with Gasteiger partial charge >= 0.3 is 5.97 Å². The van der Waals surface area contributed by atoms with Crippen molar-refractivity contribution < 1.29 is 14.3 Å². The van der Waals surface area contributed by atoms with Crippen LogP contribution in [0.2, 0.25) is 0 Å². The molecule has 2 rings (SSSR count). The first-order valence-corrected chi connectivity index (χ1v) is 7.73. The van der Waals surface area contributed by atoms with Gasteiger partial charge in [0.05, 0.1) is 14.2 Å². The largest absolute Gasteiger partial charge is 0.496 e. The molecule has 0 heterocycles. The van der Waals surface area contributed by atoms with Crippen molar-refractivity contribution >= 4 is 5.97 Å². The predicted molar refractivity (Wildman–Crippen MR) is 82.4 cm³/mol. The summed E-state index contributed by atoms with van der Waals surface area (Å²) in [6.45, 7) is 0. The number of carbonyl (C=O) groups is 1. The van der Waals surface area contributed by atoms with E-state index in [1.165, 1.54) is 32.8 Å². The monoisotopic (exact) mass is 291 g/mol. The molecule has 1 N–H and O–H groups in total. The highest BCUT2D eigenvalue weighted by atomic mass is 16.5. The first-order chi connectivity index (χ1) is 10.3. The van der Waals surface area contributed by atoms with Gasteiger partial charge < -0.3 is 9.47 Å². The van der Waals surface area contributed by atoms with Gasteiger partial charge in [-0.15, -0.1) is 0 Å². The third-order valence-corrected chi connectivity index (χ3v) is 4.14. The number of carbonyl (C=O) groups excluding carboxylic acids is 1. The van der Waals surface area contributed by atoms with E-state index in [-0.39, 0.29) is 5.97 Å². The summed E-state index contributed by atoms with van der Waals surface area (Å²) < 4.78 is 10.4. The summed E-state index contributed by atoms with van der Waals surface area (Å²) in [5.74, 6) is 0.456. The molecule has 0 bridgehead atoms.